The van der Waals surface area contributed by atoms with Gasteiger partial charge in [0.2, 0.25) is 0 Å². The molecule has 0 spiro atoms. The van der Waals surface area contributed by atoms with Gasteiger partial charge in [-0.05, 0) is 42.7 Å². The van der Waals surface area contributed by atoms with Crippen molar-refractivity contribution in [2.24, 2.45) is 0 Å². The monoisotopic (exact) mass is 273 g/mol. The van der Waals surface area contributed by atoms with E-state index >= 15 is 0 Å². The molecule has 2 rings (SSSR count). The van der Waals surface area contributed by atoms with E-state index in [2.05, 4.69) is 5.32 Å². The second kappa shape index (κ2) is 6.19. The van der Waals surface area contributed by atoms with E-state index in [9.17, 15) is 14.3 Å². The van der Waals surface area contributed by atoms with Crippen LogP contribution in [0.5, 0.6) is 5.75 Å². The molecule has 0 saturated carbocycles. The van der Waals surface area contributed by atoms with Gasteiger partial charge < -0.3 is 10.4 Å². The average molecular weight is 273 g/mol. The zero-order valence-corrected chi connectivity index (χ0v) is 11.2. The molecule has 0 aliphatic heterocycles. The van der Waals surface area contributed by atoms with Crippen molar-refractivity contribution in [3.63, 3.8) is 0 Å². The molecule has 0 bridgehead atoms. The SMILES string of the molecule is Cc1ccccc1CCNC(=O)c1cc(F)ccc1O. The first-order valence-electron chi connectivity index (χ1n) is 6.39. The van der Waals surface area contributed by atoms with E-state index in [1.165, 1.54) is 6.07 Å². The van der Waals surface area contributed by atoms with E-state index in [1.54, 1.807) is 0 Å². The first-order valence-corrected chi connectivity index (χ1v) is 6.39. The topological polar surface area (TPSA) is 49.3 Å². The number of phenols is 1. The van der Waals surface area contributed by atoms with Gasteiger partial charge in [-0.3, -0.25) is 4.79 Å². The Morgan fingerprint density at radius 1 is 1.25 bits per heavy atom. The number of carbonyl (C=O) groups excluding carboxylic acids is 1. The molecule has 2 aromatic carbocycles. The van der Waals surface area contributed by atoms with Crippen molar-refractivity contribution in [3.8, 4) is 5.75 Å². The fraction of sp³-hybridized carbons (Fsp3) is 0.188. The van der Waals surface area contributed by atoms with E-state index in [1.807, 2.05) is 31.2 Å². The number of amides is 1. The van der Waals surface area contributed by atoms with Gasteiger partial charge in [0.1, 0.15) is 11.6 Å². The van der Waals surface area contributed by atoms with Crippen molar-refractivity contribution >= 4 is 5.91 Å². The third-order valence-corrected chi connectivity index (χ3v) is 3.14. The van der Waals surface area contributed by atoms with Gasteiger partial charge >= 0.3 is 0 Å². The Kier molecular flexibility index (Phi) is 4.35. The summed E-state index contributed by atoms with van der Waals surface area (Å²) in [5.41, 5.74) is 2.27. The predicted octanol–water partition coefficient (Wildman–Crippen LogP) is 2.81. The summed E-state index contributed by atoms with van der Waals surface area (Å²) in [6.07, 6.45) is 0.689. The number of hydrogen-bond acceptors (Lipinski definition) is 2. The number of halogens is 1. The van der Waals surface area contributed by atoms with Crippen LogP contribution in [0.15, 0.2) is 42.5 Å². The molecule has 0 saturated heterocycles. The Labute approximate surface area is 117 Å². The molecule has 4 heteroatoms. The smallest absolute Gasteiger partial charge is 0.255 e. The lowest BCUT2D eigenvalue weighted by Crippen LogP contribution is -2.26. The fourth-order valence-electron chi connectivity index (χ4n) is 1.99. The van der Waals surface area contributed by atoms with Gasteiger partial charge in [0.05, 0.1) is 5.56 Å². The van der Waals surface area contributed by atoms with Crippen LogP contribution in [0.3, 0.4) is 0 Å². The molecule has 0 unspecified atom stereocenters. The normalized spacial score (nSPS) is 10.3. The molecule has 0 fully saturated rings. The standard InChI is InChI=1S/C16H16FNO2/c1-11-4-2-3-5-12(11)8-9-18-16(20)14-10-13(17)6-7-15(14)19/h2-7,10,19H,8-9H2,1H3,(H,18,20). The first kappa shape index (κ1) is 14.1. The lowest BCUT2D eigenvalue weighted by atomic mass is 10.1. The minimum Gasteiger partial charge on any atom is -0.507 e. The highest BCUT2D eigenvalue weighted by molar-refractivity contribution is 5.96. The van der Waals surface area contributed by atoms with E-state index in [0.717, 1.165) is 23.3 Å². The zero-order chi connectivity index (χ0) is 14.5. The van der Waals surface area contributed by atoms with Crippen LogP contribution in [0.4, 0.5) is 4.39 Å². The number of carbonyl (C=O) groups is 1. The predicted molar refractivity (Wildman–Crippen MR) is 75.3 cm³/mol. The average Bonchev–Trinajstić information content (AvgIpc) is 2.43. The fourth-order valence-corrected chi connectivity index (χ4v) is 1.99. The number of benzene rings is 2. The van der Waals surface area contributed by atoms with Crippen molar-refractivity contribution in [2.75, 3.05) is 6.54 Å². The summed E-state index contributed by atoms with van der Waals surface area (Å²) in [6, 6.07) is 11.2. The Morgan fingerprint density at radius 2 is 2.00 bits per heavy atom. The minimum atomic E-state index is -0.549. The van der Waals surface area contributed by atoms with E-state index in [-0.39, 0.29) is 11.3 Å². The number of aryl methyl sites for hydroxylation is 1. The number of hydrogen-bond donors (Lipinski definition) is 2. The van der Waals surface area contributed by atoms with Gasteiger partial charge in [0, 0.05) is 6.54 Å². The molecule has 1 amide bonds. The molecule has 2 N–H and O–H groups in total. The summed E-state index contributed by atoms with van der Waals surface area (Å²) < 4.78 is 13.1. The molecule has 104 valence electrons. The maximum absolute atomic E-state index is 13.1. The maximum atomic E-state index is 13.1. The molecule has 0 atom stereocenters. The lowest BCUT2D eigenvalue weighted by Gasteiger charge is -2.08. The number of rotatable bonds is 4. The van der Waals surface area contributed by atoms with E-state index < -0.39 is 11.7 Å². The maximum Gasteiger partial charge on any atom is 0.255 e. The van der Waals surface area contributed by atoms with Gasteiger partial charge in [-0.25, -0.2) is 4.39 Å². The van der Waals surface area contributed by atoms with E-state index in [4.69, 9.17) is 0 Å². The summed E-state index contributed by atoms with van der Waals surface area (Å²) >= 11 is 0. The molecule has 20 heavy (non-hydrogen) atoms. The molecule has 2 aromatic rings. The van der Waals surface area contributed by atoms with Gasteiger partial charge in [-0.15, -0.1) is 0 Å². The Balaban J connectivity index is 1.96. The quantitative estimate of drug-likeness (QED) is 0.900. The van der Waals surface area contributed by atoms with Gasteiger partial charge in [0.25, 0.3) is 5.91 Å². The highest BCUT2D eigenvalue weighted by Crippen LogP contribution is 2.17. The Bertz CT molecular complexity index is 626. The van der Waals surface area contributed by atoms with Crippen molar-refractivity contribution in [3.05, 3.63) is 65.0 Å². The summed E-state index contributed by atoms with van der Waals surface area (Å²) in [5.74, 6) is -1.25. The van der Waals surface area contributed by atoms with Gasteiger partial charge in [-0.1, -0.05) is 24.3 Å². The molecule has 0 aromatic heterocycles. The summed E-state index contributed by atoms with van der Waals surface area (Å²) in [5, 5.41) is 12.2. The Morgan fingerprint density at radius 3 is 2.75 bits per heavy atom. The molecule has 0 heterocycles. The number of aromatic hydroxyl groups is 1. The third-order valence-electron chi connectivity index (χ3n) is 3.14. The molecular formula is C16H16FNO2. The highest BCUT2D eigenvalue weighted by atomic mass is 19.1. The van der Waals surface area contributed by atoms with Crippen LogP contribution in [0.1, 0.15) is 21.5 Å². The minimum absolute atomic E-state index is 0.0465. The molecule has 3 nitrogen and oxygen atoms in total. The van der Waals surface area contributed by atoms with Crippen LogP contribution < -0.4 is 5.32 Å². The van der Waals surface area contributed by atoms with Crippen LogP contribution in [0.2, 0.25) is 0 Å². The molecule has 0 aliphatic carbocycles. The number of nitrogens with one attached hydrogen (secondary N) is 1. The highest BCUT2D eigenvalue weighted by Gasteiger charge is 2.11. The van der Waals surface area contributed by atoms with E-state index in [0.29, 0.717) is 13.0 Å². The van der Waals surface area contributed by atoms with Crippen molar-refractivity contribution < 1.29 is 14.3 Å². The van der Waals surface area contributed by atoms with Crippen LogP contribution in [0, 0.1) is 12.7 Å². The second-order valence-corrected chi connectivity index (χ2v) is 4.59. The number of phenolic OH excluding ortho intramolecular Hbond substituents is 1. The van der Waals surface area contributed by atoms with Gasteiger partial charge in [0.15, 0.2) is 0 Å². The van der Waals surface area contributed by atoms with Crippen molar-refractivity contribution in [1.29, 1.82) is 0 Å². The Hall–Kier alpha value is -2.36. The van der Waals surface area contributed by atoms with Crippen LogP contribution in [0.25, 0.3) is 0 Å². The van der Waals surface area contributed by atoms with Crippen molar-refractivity contribution in [1.82, 2.24) is 5.32 Å². The zero-order valence-electron chi connectivity index (χ0n) is 11.2. The molecule has 0 radical (unpaired) electrons. The second-order valence-electron chi connectivity index (χ2n) is 4.59. The first-order chi connectivity index (χ1) is 9.58. The molecular weight excluding hydrogens is 257 g/mol. The van der Waals surface area contributed by atoms with Crippen molar-refractivity contribution in [2.45, 2.75) is 13.3 Å². The molecule has 0 aliphatic rings. The van der Waals surface area contributed by atoms with Crippen LogP contribution >= 0.6 is 0 Å². The largest absolute Gasteiger partial charge is 0.507 e. The third kappa shape index (κ3) is 3.35. The lowest BCUT2D eigenvalue weighted by molar-refractivity contribution is 0.0951. The van der Waals surface area contributed by atoms with Crippen LogP contribution in [-0.2, 0) is 6.42 Å². The summed E-state index contributed by atoms with van der Waals surface area (Å²) in [6.45, 7) is 2.44. The summed E-state index contributed by atoms with van der Waals surface area (Å²) in [4.78, 5) is 11.9. The van der Waals surface area contributed by atoms with Gasteiger partial charge in [-0.2, -0.15) is 0 Å². The summed E-state index contributed by atoms with van der Waals surface area (Å²) in [7, 11) is 0. The van der Waals surface area contributed by atoms with Crippen LogP contribution in [-0.4, -0.2) is 17.6 Å².